The number of alkyl halides is 1. The van der Waals surface area contributed by atoms with Gasteiger partial charge in [-0.05, 0) is 23.3 Å². The van der Waals surface area contributed by atoms with Gasteiger partial charge in [-0.2, -0.15) is 0 Å². The lowest BCUT2D eigenvalue weighted by Gasteiger charge is -2.07. The fraction of sp³-hybridized carbons (Fsp3) is 0.167. The lowest BCUT2D eigenvalue weighted by atomic mass is 10.0. The van der Waals surface area contributed by atoms with Crippen molar-refractivity contribution < 1.29 is 0 Å². The van der Waals surface area contributed by atoms with Crippen LogP contribution in [0.1, 0.15) is 16.4 Å². The highest BCUT2D eigenvalue weighted by atomic mass is 127. The fourth-order valence-electron chi connectivity index (χ4n) is 1.60. The third-order valence-corrected chi connectivity index (χ3v) is 2.92. The maximum absolute atomic E-state index is 2.46. The summed E-state index contributed by atoms with van der Waals surface area (Å²) < 4.78 is 0.573. The third kappa shape index (κ3) is 1.70. The van der Waals surface area contributed by atoms with Gasteiger partial charge in [0.05, 0.1) is 0 Å². The first-order chi connectivity index (χ1) is 6.29. The summed E-state index contributed by atoms with van der Waals surface area (Å²) in [7, 11) is 0. The quantitative estimate of drug-likeness (QED) is 0.539. The Morgan fingerprint density at radius 1 is 1.00 bits per heavy atom. The van der Waals surface area contributed by atoms with Crippen molar-refractivity contribution in [3.63, 3.8) is 0 Å². The van der Waals surface area contributed by atoms with Gasteiger partial charge in [0.2, 0.25) is 0 Å². The Balaban J connectivity index is 2.76. The highest BCUT2D eigenvalue weighted by Crippen LogP contribution is 2.29. The van der Waals surface area contributed by atoms with Gasteiger partial charge in [0.15, 0.2) is 0 Å². The molecule has 0 aromatic heterocycles. The molecule has 0 heterocycles. The molecule has 0 radical (unpaired) electrons. The van der Waals surface area contributed by atoms with Gasteiger partial charge in [-0.3, -0.25) is 0 Å². The van der Waals surface area contributed by atoms with E-state index in [9.17, 15) is 0 Å². The molecule has 0 fully saturated rings. The van der Waals surface area contributed by atoms with Crippen LogP contribution < -0.4 is 0 Å². The SMILES string of the molecule is CC(I)c1cccc2ccccc12. The van der Waals surface area contributed by atoms with Gasteiger partial charge in [-0.15, -0.1) is 0 Å². The van der Waals surface area contributed by atoms with E-state index < -0.39 is 0 Å². The first-order valence-electron chi connectivity index (χ1n) is 4.41. The molecule has 0 aliphatic heterocycles. The predicted octanol–water partition coefficient (Wildman–Crippen LogP) is 4.34. The van der Waals surface area contributed by atoms with E-state index in [1.807, 2.05) is 0 Å². The van der Waals surface area contributed by atoms with Gasteiger partial charge in [0.1, 0.15) is 0 Å². The number of benzene rings is 2. The molecule has 13 heavy (non-hydrogen) atoms. The van der Waals surface area contributed by atoms with Crippen LogP contribution in [-0.4, -0.2) is 0 Å². The Morgan fingerprint density at radius 2 is 1.69 bits per heavy atom. The highest BCUT2D eigenvalue weighted by Gasteiger charge is 2.03. The fourth-order valence-corrected chi connectivity index (χ4v) is 2.14. The maximum atomic E-state index is 2.46. The first-order valence-corrected chi connectivity index (χ1v) is 5.65. The smallest absolute Gasteiger partial charge is 0.0337 e. The number of halogens is 1. The zero-order valence-corrected chi connectivity index (χ0v) is 9.65. The molecule has 0 amide bonds. The summed E-state index contributed by atoms with van der Waals surface area (Å²) in [6.45, 7) is 2.22. The molecule has 0 saturated carbocycles. The summed E-state index contributed by atoms with van der Waals surface area (Å²) in [5.41, 5.74) is 1.43. The number of hydrogen-bond acceptors (Lipinski definition) is 0. The number of fused-ring (bicyclic) bond motifs is 1. The summed E-state index contributed by atoms with van der Waals surface area (Å²) in [5.74, 6) is 0. The third-order valence-electron chi connectivity index (χ3n) is 2.25. The van der Waals surface area contributed by atoms with Crippen molar-refractivity contribution >= 4 is 33.4 Å². The summed E-state index contributed by atoms with van der Waals surface area (Å²) in [6.07, 6.45) is 0. The van der Waals surface area contributed by atoms with Crippen LogP contribution in [0, 0.1) is 0 Å². The lowest BCUT2D eigenvalue weighted by Crippen LogP contribution is -1.85. The zero-order valence-electron chi connectivity index (χ0n) is 7.50. The van der Waals surface area contributed by atoms with Crippen LogP contribution >= 0.6 is 22.6 Å². The molecule has 2 aromatic carbocycles. The van der Waals surface area contributed by atoms with Crippen molar-refractivity contribution in [1.82, 2.24) is 0 Å². The molecule has 0 bridgehead atoms. The second-order valence-electron chi connectivity index (χ2n) is 3.18. The van der Waals surface area contributed by atoms with Crippen molar-refractivity contribution in [1.29, 1.82) is 0 Å². The Kier molecular flexibility index (Phi) is 2.54. The van der Waals surface area contributed by atoms with Crippen LogP contribution in [0.5, 0.6) is 0 Å². The van der Waals surface area contributed by atoms with E-state index in [1.165, 1.54) is 16.3 Å². The van der Waals surface area contributed by atoms with Crippen LogP contribution in [0.4, 0.5) is 0 Å². The van der Waals surface area contributed by atoms with E-state index in [0.717, 1.165) is 0 Å². The average molecular weight is 282 g/mol. The molecule has 2 rings (SSSR count). The van der Waals surface area contributed by atoms with Crippen LogP contribution in [0.25, 0.3) is 10.8 Å². The largest absolute Gasteiger partial charge is 0.0777 e. The van der Waals surface area contributed by atoms with E-state index in [0.29, 0.717) is 3.92 Å². The van der Waals surface area contributed by atoms with E-state index in [2.05, 4.69) is 72.0 Å². The minimum absolute atomic E-state index is 0.573. The number of hydrogen-bond donors (Lipinski definition) is 0. The Labute approximate surface area is 92.1 Å². The average Bonchev–Trinajstić information content (AvgIpc) is 2.17. The van der Waals surface area contributed by atoms with E-state index in [1.54, 1.807) is 0 Å². The van der Waals surface area contributed by atoms with Crippen LogP contribution in [0.15, 0.2) is 42.5 Å². The molecule has 0 aliphatic rings. The summed E-state index contributed by atoms with van der Waals surface area (Å²) in [4.78, 5) is 0. The van der Waals surface area contributed by atoms with Gasteiger partial charge in [-0.1, -0.05) is 65.1 Å². The standard InChI is InChI=1S/C12H11I/c1-9(13)11-8-4-6-10-5-2-3-7-12(10)11/h2-9H,1H3. The Bertz CT molecular complexity index is 413. The molecule has 0 spiro atoms. The van der Waals surface area contributed by atoms with Gasteiger partial charge in [0, 0.05) is 3.92 Å². The molecule has 0 N–H and O–H groups in total. The van der Waals surface area contributed by atoms with Crippen molar-refractivity contribution in [3.05, 3.63) is 48.0 Å². The van der Waals surface area contributed by atoms with Crippen molar-refractivity contribution in [2.24, 2.45) is 0 Å². The molecule has 0 nitrogen and oxygen atoms in total. The second-order valence-corrected chi connectivity index (χ2v) is 5.05. The van der Waals surface area contributed by atoms with Crippen LogP contribution in [0.2, 0.25) is 0 Å². The molecular formula is C12H11I. The minimum atomic E-state index is 0.573. The van der Waals surface area contributed by atoms with Gasteiger partial charge < -0.3 is 0 Å². The van der Waals surface area contributed by atoms with Crippen LogP contribution in [0.3, 0.4) is 0 Å². The van der Waals surface area contributed by atoms with Crippen molar-refractivity contribution in [2.45, 2.75) is 10.8 Å². The monoisotopic (exact) mass is 282 g/mol. The van der Waals surface area contributed by atoms with Gasteiger partial charge >= 0.3 is 0 Å². The summed E-state index contributed by atoms with van der Waals surface area (Å²) in [6, 6.07) is 15.1. The number of rotatable bonds is 1. The van der Waals surface area contributed by atoms with Crippen molar-refractivity contribution in [2.75, 3.05) is 0 Å². The first kappa shape index (κ1) is 9.00. The van der Waals surface area contributed by atoms with Crippen LogP contribution in [-0.2, 0) is 0 Å². The molecular weight excluding hydrogens is 271 g/mol. The normalized spacial score (nSPS) is 13.1. The predicted molar refractivity (Wildman–Crippen MR) is 66.4 cm³/mol. The molecule has 0 saturated heterocycles. The molecule has 1 unspecified atom stereocenters. The van der Waals surface area contributed by atoms with E-state index >= 15 is 0 Å². The second kappa shape index (κ2) is 3.66. The maximum Gasteiger partial charge on any atom is 0.0337 e. The molecule has 2 aromatic rings. The topological polar surface area (TPSA) is 0 Å². The molecule has 0 aliphatic carbocycles. The Morgan fingerprint density at radius 3 is 2.46 bits per heavy atom. The molecule has 1 heteroatoms. The van der Waals surface area contributed by atoms with Crippen molar-refractivity contribution in [3.8, 4) is 0 Å². The minimum Gasteiger partial charge on any atom is -0.0777 e. The highest BCUT2D eigenvalue weighted by molar-refractivity contribution is 14.1. The summed E-state index contributed by atoms with van der Waals surface area (Å²) >= 11 is 2.46. The molecule has 66 valence electrons. The molecule has 1 atom stereocenters. The van der Waals surface area contributed by atoms with E-state index in [-0.39, 0.29) is 0 Å². The van der Waals surface area contributed by atoms with Gasteiger partial charge in [-0.25, -0.2) is 0 Å². The zero-order chi connectivity index (χ0) is 9.26. The van der Waals surface area contributed by atoms with Gasteiger partial charge in [0.25, 0.3) is 0 Å². The Hall–Kier alpha value is -0.570. The lowest BCUT2D eigenvalue weighted by molar-refractivity contribution is 1.17. The van der Waals surface area contributed by atoms with E-state index in [4.69, 9.17) is 0 Å². The summed E-state index contributed by atoms with van der Waals surface area (Å²) in [5, 5.41) is 2.72.